The van der Waals surface area contributed by atoms with Crippen molar-refractivity contribution in [2.24, 2.45) is 5.73 Å². The highest BCUT2D eigenvalue weighted by Gasteiger charge is 2.24. The fraction of sp³-hybridized carbons (Fsp3) is 0.267. The van der Waals surface area contributed by atoms with Crippen LogP contribution in [0.15, 0.2) is 40.8 Å². The predicted molar refractivity (Wildman–Crippen MR) is 72.6 cm³/mol. The Morgan fingerprint density at radius 3 is 2.68 bits per heavy atom. The Morgan fingerprint density at radius 2 is 1.89 bits per heavy atom. The third-order valence-corrected chi connectivity index (χ3v) is 3.42. The molecule has 2 N–H and O–H groups in total. The normalized spacial score (nSPS) is 14.6. The van der Waals surface area contributed by atoms with E-state index in [1.54, 1.807) is 4.90 Å². The lowest BCUT2D eigenvalue weighted by Crippen LogP contribution is -2.34. The monoisotopic (exact) mass is 256 g/mol. The number of benzene rings is 1. The van der Waals surface area contributed by atoms with E-state index in [0.717, 1.165) is 23.6 Å². The molecule has 1 aliphatic rings. The molecule has 1 aliphatic heterocycles. The molecule has 0 saturated heterocycles. The average molecular weight is 256 g/mol. The lowest BCUT2D eigenvalue weighted by atomic mass is 10.0. The minimum Gasteiger partial charge on any atom is -0.463 e. The maximum atomic E-state index is 12.1. The average Bonchev–Trinajstić information content (AvgIpc) is 2.90. The highest BCUT2D eigenvalue weighted by Crippen LogP contribution is 2.29. The second-order valence-electron chi connectivity index (χ2n) is 4.68. The van der Waals surface area contributed by atoms with Crippen molar-refractivity contribution in [3.05, 3.63) is 53.5 Å². The molecular weight excluding hydrogens is 240 g/mol. The molecule has 4 heteroatoms. The maximum absolute atomic E-state index is 12.1. The maximum Gasteiger partial charge on any atom is 0.227 e. The zero-order valence-electron chi connectivity index (χ0n) is 10.6. The molecule has 3 rings (SSSR count). The molecule has 0 spiro atoms. The van der Waals surface area contributed by atoms with Crippen LogP contribution in [0.5, 0.6) is 0 Å². The van der Waals surface area contributed by atoms with Gasteiger partial charge in [-0.05, 0) is 30.2 Å². The molecule has 1 aromatic carbocycles. The first-order chi connectivity index (χ1) is 9.28. The van der Waals surface area contributed by atoms with Gasteiger partial charge in [0.25, 0.3) is 0 Å². The van der Waals surface area contributed by atoms with Crippen LogP contribution in [-0.2, 0) is 24.3 Å². The molecule has 2 aromatic rings. The van der Waals surface area contributed by atoms with Crippen molar-refractivity contribution in [1.82, 2.24) is 0 Å². The first-order valence-corrected chi connectivity index (χ1v) is 6.44. The number of fused-ring (bicyclic) bond motifs is 1. The number of aryl methyl sites for hydroxylation is 1. The molecule has 0 bridgehead atoms. The standard InChI is InChI=1S/C15H16N2O2/c16-9-12-6-7-13(19-12)10-17-14-4-2-1-3-11(14)5-8-15(17)18/h1-4,6-7H,5,8-10,16H2. The summed E-state index contributed by atoms with van der Waals surface area (Å²) in [4.78, 5) is 13.9. The number of anilines is 1. The van der Waals surface area contributed by atoms with Crippen LogP contribution >= 0.6 is 0 Å². The summed E-state index contributed by atoms with van der Waals surface area (Å²) < 4.78 is 5.58. The van der Waals surface area contributed by atoms with Gasteiger partial charge in [0.15, 0.2) is 0 Å². The van der Waals surface area contributed by atoms with Crippen LogP contribution in [0.25, 0.3) is 0 Å². The highest BCUT2D eigenvalue weighted by molar-refractivity contribution is 5.96. The molecule has 0 unspecified atom stereocenters. The van der Waals surface area contributed by atoms with Gasteiger partial charge in [-0.3, -0.25) is 4.79 Å². The van der Waals surface area contributed by atoms with Crippen LogP contribution in [0, 0.1) is 0 Å². The molecule has 4 nitrogen and oxygen atoms in total. The summed E-state index contributed by atoms with van der Waals surface area (Å²) >= 11 is 0. The summed E-state index contributed by atoms with van der Waals surface area (Å²) in [5.41, 5.74) is 7.73. The smallest absolute Gasteiger partial charge is 0.227 e. The van der Waals surface area contributed by atoms with Gasteiger partial charge in [0, 0.05) is 12.1 Å². The Balaban J connectivity index is 1.89. The van der Waals surface area contributed by atoms with Crippen molar-refractivity contribution in [2.75, 3.05) is 4.90 Å². The van der Waals surface area contributed by atoms with Crippen molar-refractivity contribution in [3.8, 4) is 0 Å². The molecule has 0 saturated carbocycles. The number of furan rings is 1. The van der Waals surface area contributed by atoms with Crippen molar-refractivity contribution in [1.29, 1.82) is 0 Å². The second kappa shape index (κ2) is 4.90. The van der Waals surface area contributed by atoms with Gasteiger partial charge in [-0.15, -0.1) is 0 Å². The first kappa shape index (κ1) is 12.0. The quantitative estimate of drug-likeness (QED) is 0.916. The highest BCUT2D eigenvalue weighted by atomic mass is 16.3. The Hall–Kier alpha value is -2.07. The zero-order chi connectivity index (χ0) is 13.2. The summed E-state index contributed by atoms with van der Waals surface area (Å²) in [5.74, 6) is 1.66. The van der Waals surface area contributed by atoms with Crippen molar-refractivity contribution < 1.29 is 9.21 Å². The third kappa shape index (κ3) is 2.27. The van der Waals surface area contributed by atoms with E-state index in [1.165, 1.54) is 5.56 Å². The van der Waals surface area contributed by atoms with E-state index in [-0.39, 0.29) is 5.91 Å². The molecule has 1 amide bonds. The van der Waals surface area contributed by atoms with E-state index in [9.17, 15) is 4.79 Å². The number of nitrogens with zero attached hydrogens (tertiary/aromatic N) is 1. The van der Waals surface area contributed by atoms with E-state index >= 15 is 0 Å². The lowest BCUT2D eigenvalue weighted by molar-refractivity contribution is -0.119. The number of carbonyl (C=O) groups is 1. The van der Waals surface area contributed by atoms with E-state index < -0.39 is 0 Å². The zero-order valence-corrected chi connectivity index (χ0v) is 10.6. The van der Waals surface area contributed by atoms with Crippen LogP contribution in [0.3, 0.4) is 0 Å². The molecule has 19 heavy (non-hydrogen) atoms. The Morgan fingerprint density at radius 1 is 1.11 bits per heavy atom. The van der Waals surface area contributed by atoms with Gasteiger partial charge in [-0.25, -0.2) is 0 Å². The van der Waals surface area contributed by atoms with Crippen molar-refractivity contribution >= 4 is 11.6 Å². The third-order valence-electron chi connectivity index (χ3n) is 3.42. The van der Waals surface area contributed by atoms with Gasteiger partial charge in [-0.2, -0.15) is 0 Å². The van der Waals surface area contributed by atoms with Gasteiger partial charge in [0.2, 0.25) is 5.91 Å². The van der Waals surface area contributed by atoms with E-state index in [2.05, 4.69) is 6.07 Å². The minimum absolute atomic E-state index is 0.143. The van der Waals surface area contributed by atoms with Crippen LogP contribution < -0.4 is 10.6 Å². The topological polar surface area (TPSA) is 59.5 Å². The SMILES string of the molecule is NCc1ccc(CN2C(=O)CCc3ccccc32)o1. The minimum atomic E-state index is 0.143. The number of hydrogen-bond acceptors (Lipinski definition) is 3. The molecule has 0 atom stereocenters. The summed E-state index contributed by atoms with van der Waals surface area (Å²) in [6.45, 7) is 0.848. The Kier molecular flexibility index (Phi) is 3.09. The summed E-state index contributed by atoms with van der Waals surface area (Å²) in [7, 11) is 0. The van der Waals surface area contributed by atoms with Gasteiger partial charge in [-0.1, -0.05) is 18.2 Å². The molecular formula is C15H16N2O2. The Bertz CT molecular complexity index is 604. The summed E-state index contributed by atoms with van der Waals surface area (Å²) in [6, 6.07) is 11.8. The number of nitrogens with two attached hydrogens (primary N) is 1. The van der Waals surface area contributed by atoms with Gasteiger partial charge in [0.1, 0.15) is 11.5 Å². The fourth-order valence-electron chi connectivity index (χ4n) is 2.44. The van der Waals surface area contributed by atoms with Gasteiger partial charge in [0.05, 0.1) is 13.1 Å². The molecule has 0 radical (unpaired) electrons. The lowest BCUT2D eigenvalue weighted by Gasteiger charge is -2.28. The summed E-state index contributed by atoms with van der Waals surface area (Å²) in [5, 5.41) is 0. The number of hydrogen-bond donors (Lipinski definition) is 1. The van der Waals surface area contributed by atoms with Crippen molar-refractivity contribution in [3.63, 3.8) is 0 Å². The first-order valence-electron chi connectivity index (χ1n) is 6.44. The van der Waals surface area contributed by atoms with Crippen molar-refractivity contribution in [2.45, 2.75) is 25.9 Å². The molecule has 98 valence electrons. The number of carbonyl (C=O) groups excluding carboxylic acids is 1. The fourth-order valence-corrected chi connectivity index (χ4v) is 2.44. The largest absolute Gasteiger partial charge is 0.463 e. The predicted octanol–water partition coefficient (Wildman–Crippen LogP) is 2.22. The van der Waals surface area contributed by atoms with Crippen LogP contribution in [0.1, 0.15) is 23.5 Å². The van der Waals surface area contributed by atoms with E-state index in [1.807, 2.05) is 30.3 Å². The van der Waals surface area contributed by atoms with Gasteiger partial charge >= 0.3 is 0 Å². The second-order valence-corrected chi connectivity index (χ2v) is 4.68. The molecule has 0 fully saturated rings. The van der Waals surface area contributed by atoms with Crippen LogP contribution in [0.2, 0.25) is 0 Å². The van der Waals surface area contributed by atoms with E-state index in [0.29, 0.717) is 19.5 Å². The number of rotatable bonds is 3. The van der Waals surface area contributed by atoms with Gasteiger partial charge < -0.3 is 15.1 Å². The summed E-state index contributed by atoms with van der Waals surface area (Å²) in [6.07, 6.45) is 1.37. The number of amides is 1. The number of para-hydroxylation sites is 1. The molecule has 2 heterocycles. The Labute approximate surface area is 111 Å². The van der Waals surface area contributed by atoms with Crippen LogP contribution in [0.4, 0.5) is 5.69 Å². The molecule has 1 aromatic heterocycles. The van der Waals surface area contributed by atoms with E-state index in [4.69, 9.17) is 10.2 Å². The molecule has 0 aliphatic carbocycles. The van der Waals surface area contributed by atoms with Crippen LogP contribution in [-0.4, -0.2) is 5.91 Å².